The van der Waals surface area contributed by atoms with Crippen molar-refractivity contribution < 1.29 is 0 Å². The number of aliphatic imine (C=N–C) groups is 1. The van der Waals surface area contributed by atoms with Gasteiger partial charge in [-0.3, -0.25) is 9.89 Å². The lowest BCUT2D eigenvalue weighted by Gasteiger charge is -2.36. The molecule has 0 aromatic carbocycles. The fraction of sp³-hybridized carbons (Fsp3) is 0.833. The molecule has 0 bridgehead atoms. The second-order valence-corrected chi connectivity index (χ2v) is 6.90. The van der Waals surface area contributed by atoms with E-state index in [0.717, 1.165) is 51.6 Å². The SMILES string of the molecule is CCNC(=NCC1CN(C)CCN1C)NCCC1=CCCCC1.I. The Morgan fingerprint density at radius 2 is 2.08 bits per heavy atom. The Balaban J connectivity index is 0.00000288. The van der Waals surface area contributed by atoms with Crippen LogP contribution in [0, 0.1) is 0 Å². The predicted octanol–water partition coefficient (Wildman–Crippen LogP) is 2.30. The van der Waals surface area contributed by atoms with Crippen molar-refractivity contribution in [3.63, 3.8) is 0 Å². The lowest BCUT2D eigenvalue weighted by Crippen LogP contribution is -2.51. The zero-order valence-corrected chi connectivity index (χ0v) is 18.0. The van der Waals surface area contributed by atoms with E-state index in [4.69, 9.17) is 4.99 Å². The molecule has 0 amide bonds. The first-order valence-electron chi connectivity index (χ1n) is 9.28. The van der Waals surface area contributed by atoms with E-state index in [1.54, 1.807) is 5.57 Å². The number of rotatable bonds is 6. The number of hydrogen-bond donors (Lipinski definition) is 2. The van der Waals surface area contributed by atoms with Gasteiger partial charge in [-0.25, -0.2) is 0 Å². The van der Waals surface area contributed by atoms with Crippen molar-refractivity contribution in [2.24, 2.45) is 4.99 Å². The number of likely N-dealkylation sites (N-methyl/N-ethyl adjacent to an activating group) is 2. The van der Waals surface area contributed by atoms with Gasteiger partial charge >= 0.3 is 0 Å². The summed E-state index contributed by atoms with van der Waals surface area (Å²) in [5.41, 5.74) is 1.62. The van der Waals surface area contributed by atoms with Crippen LogP contribution in [0.1, 0.15) is 39.0 Å². The lowest BCUT2D eigenvalue weighted by molar-refractivity contribution is 0.119. The van der Waals surface area contributed by atoms with E-state index in [-0.39, 0.29) is 24.0 Å². The lowest BCUT2D eigenvalue weighted by atomic mass is 9.97. The van der Waals surface area contributed by atoms with E-state index in [2.05, 4.69) is 47.5 Å². The Kier molecular flexibility index (Phi) is 10.9. The maximum Gasteiger partial charge on any atom is 0.191 e. The molecule has 140 valence electrons. The Morgan fingerprint density at radius 1 is 1.25 bits per heavy atom. The Bertz CT molecular complexity index is 410. The van der Waals surface area contributed by atoms with Crippen molar-refractivity contribution in [1.82, 2.24) is 20.4 Å². The van der Waals surface area contributed by atoms with Crippen LogP contribution in [-0.4, -0.2) is 75.2 Å². The monoisotopic (exact) mass is 449 g/mol. The molecule has 6 heteroatoms. The molecule has 2 N–H and O–H groups in total. The third-order valence-electron chi connectivity index (χ3n) is 4.91. The van der Waals surface area contributed by atoms with Gasteiger partial charge < -0.3 is 15.5 Å². The number of guanidine groups is 1. The van der Waals surface area contributed by atoms with Gasteiger partial charge in [0.2, 0.25) is 0 Å². The van der Waals surface area contributed by atoms with Crippen molar-refractivity contribution in [3.8, 4) is 0 Å². The molecule has 1 saturated heterocycles. The van der Waals surface area contributed by atoms with Crippen LogP contribution in [0.2, 0.25) is 0 Å². The number of nitrogens with zero attached hydrogens (tertiary/aromatic N) is 3. The maximum atomic E-state index is 4.81. The third kappa shape index (κ3) is 7.70. The molecule has 1 unspecified atom stereocenters. The van der Waals surface area contributed by atoms with Crippen LogP contribution in [0.4, 0.5) is 0 Å². The minimum absolute atomic E-state index is 0. The molecule has 0 aromatic heterocycles. The van der Waals surface area contributed by atoms with Gasteiger partial charge in [-0.2, -0.15) is 0 Å². The van der Waals surface area contributed by atoms with Crippen LogP contribution in [0.3, 0.4) is 0 Å². The fourth-order valence-corrected chi connectivity index (χ4v) is 3.31. The molecule has 0 spiro atoms. The van der Waals surface area contributed by atoms with Crippen molar-refractivity contribution in [1.29, 1.82) is 0 Å². The van der Waals surface area contributed by atoms with Crippen LogP contribution in [0.25, 0.3) is 0 Å². The average Bonchev–Trinajstić information content (AvgIpc) is 2.56. The zero-order valence-electron chi connectivity index (χ0n) is 15.7. The first kappa shape index (κ1) is 21.7. The molecule has 24 heavy (non-hydrogen) atoms. The zero-order chi connectivity index (χ0) is 16.5. The van der Waals surface area contributed by atoms with E-state index in [0.29, 0.717) is 6.04 Å². The minimum Gasteiger partial charge on any atom is -0.357 e. The first-order chi connectivity index (χ1) is 11.2. The van der Waals surface area contributed by atoms with Crippen LogP contribution < -0.4 is 10.6 Å². The highest BCUT2D eigenvalue weighted by Crippen LogP contribution is 2.19. The molecule has 1 heterocycles. The quantitative estimate of drug-likeness (QED) is 0.283. The van der Waals surface area contributed by atoms with Gasteiger partial charge in [0.15, 0.2) is 5.96 Å². The average molecular weight is 449 g/mol. The molecule has 1 fully saturated rings. The smallest absolute Gasteiger partial charge is 0.191 e. The number of nitrogens with one attached hydrogen (secondary N) is 2. The molecular formula is C18H36IN5. The summed E-state index contributed by atoms with van der Waals surface area (Å²) in [6.45, 7) is 8.28. The topological polar surface area (TPSA) is 42.9 Å². The van der Waals surface area contributed by atoms with Gasteiger partial charge in [0.05, 0.1) is 6.54 Å². The summed E-state index contributed by atoms with van der Waals surface area (Å²) in [7, 11) is 4.41. The van der Waals surface area contributed by atoms with E-state index < -0.39 is 0 Å². The molecule has 1 atom stereocenters. The Morgan fingerprint density at radius 3 is 2.79 bits per heavy atom. The molecule has 1 aliphatic heterocycles. The second kappa shape index (κ2) is 12.1. The summed E-state index contributed by atoms with van der Waals surface area (Å²) < 4.78 is 0. The van der Waals surface area contributed by atoms with Gasteiger partial charge in [-0.15, -0.1) is 24.0 Å². The van der Waals surface area contributed by atoms with Crippen molar-refractivity contribution >= 4 is 29.9 Å². The van der Waals surface area contributed by atoms with Gasteiger partial charge in [0, 0.05) is 38.8 Å². The summed E-state index contributed by atoms with van der Waals surface area (Å²) in [5, 5.41) is 6.87. The summed E-state index contributed by atoms with van der Waals surface area (Å²) >= 11 is 0. The second-order valence-electron chi connectivity index (χ2n) is 6.90. The summed E-state index contributed by atoms with van der Waals surface area (Å²) in [5.74, 6) is 0.963. The Labute approximate surface area is 165 Å². The molecule has 2 aliphatic rings. The number of allylic oxidation sites excluding steroid dienone is 1. The van der Waals surface area contributed by atoms with Gasteiger partial charge in [-0.1, -0.05) is 11.6 Å². The van der Waals surface area contributed by atoms with Crippen molar-refractivity contribution in [2.75, 3.05) is 53.4 Å². The molecule has 2 rings (SSSR count). The van der Waals surface area contributed by atoms with Gasteiger partial charge in [-0.05, 0) is 53.1 Å². The molecule has 5 nitrogen and oxygen atoms in total. The van der Waals surface area contributed by atoms with E-state index in [1.165, 1.54) is 25.7 Å². The highest BCUT2D eigenvalue weighted by Gasteiger charge is 2.21. The van der Waals surface area contributed by atoms with Crippen LogP contribution in [0.5, 0.6) is 0 Å². The Hall–Kier alpha value is -0.340. The minimum atomic E-state index is 0. The fourth-order valence-electron chi connectivity index (χ4n) is 3.31. The highest BCUT2D eigenvalue weighted by molar-refractivity contribution is 14.0. The summed E-state index contributed by atoms with van der Waals surface area (Å²) in [6.07, 6.45) is 8.87. The van der Waals surface area contributed by atoms with Crippen LogP contribution >= 0.6 is 24.0 Å². The molecular weight excluding hydrogens is 413 g/mol. The van der Waals surface area contributed by atoms with E-state index in [9.17, 15) is 0 Å². The molecule has 1 aliphatic carbocycles. The molecule has 0 radical (unpaired) electrons. The van der Waals surface area contributed by atoms with E-state index >= 15 is 0 Å². The largest absolute Gasteiger partial charge is 0.357 e. The summed E-state index contributed by atoms with van der Waals surface area (Å²) in [6, 6.07) is 0.519. The van der Waals surface area contributed by atoms with Gasteiger partial charge in [0.1, 0.15) is 0 Å². The van der Waals surface area contributed by atoms with E-state index in [1.807, 2.05) is 0 Å². The summed E-state index contributed by atoms with van der Waals surface area (Å²) in [4.78, 5) is 9.64. The standard InChI is InChI=1S/C18H35N5.HI/c1-4-19-18(20-11-10-16-8-6-5-7-9-16)21-14-17-15-22(2)12-13-23(17)3;/h8,17H,4-7,9-15H2,1-3H3,(H2,19,20,21);1H. The van der Waals surface area contributed by atoms with Gasteiger partial charge in [0.25, 0.3) is 0 Å². The number of halogens is 1. The number of piperazine rings is 1. The molecule has 0 saturated carbocycles. The van der Waals surface area contributed by atoms with Crippen LogP contribution in [-0.2, 0) is 0 Å². The van der Waals surface area contributed by atoms with Crippen LogP contribution in [0.15, 0.2) is 16.6 Å². The highest BCUT2D eigenvalue weighted by atomic mass is 127. The van der Waals surface area contributed by atoms with Crippen molar-refractivity contribution in [3.05, 3.63) is 11.6 Å². The predicted molar refractivity (Wildman–Crippen MR) is 114 cm³/mol. The van der Waals surface area contributed by atoms with Crippen molar-refractivity contribution in [2.45, 2.75) is 45.1 Å². The normalized spacial score (nSPS) is 23.4. The maximum absolute atomic E-state index is 4.81. The first-order valence-corrected chi connectivity index (χ1v) is 9.28. The third-order valence-corrected chi connectivity index (χ3v) is 4.91. The number of hydrogen-bond acceptors (Lipinski definition) is 3. The molecule has 0 aromatic rings.